The lowest BCUT2D eigenvalue weighted by molar-refractivity contribution is -0.140. The highest BCUT2D eigenvalue weighted by molar-refractivity contribution is 6.03. The zero-order valence-electron chi connectivity index (χ0n) is 9.28. The number of hydrogen-bond donors (Lipinski definition) is 1. The summed E-state index contributed by atoms with van der Waals surface area (Å²) in [6.07, 6.45) is 0.343. The van der Waals surface area contributed by atoms with E-state index in [4.69, 9.17) is 4.74 Å². The van der Waals surface area contributed by atoms with Gasteiger partial charge in [-0.25, -0.2) is 0 Å². The molecule has 0 bridgehead atoms. The van der Waals surface area contributed by atoms with Gasteiger partial charge in [-0.2, -0.15) is 0 Å². The van der Waals surface area contributed by atoms with Crippen LogP contribution < -0.4 is 5.32 Å². The van der Waals surface area contributed by atoms with E-state index < -0.39 is 0 Å². The number of amides is 2. The molecule has 1 unspecified atom stereocenters. The Morgan fingerprint density at radius 1 is 1.47 bits per heavy atom. The lowest BCUT2D eigenvalue weighted by atomic mass is 10.1. The fourth-order valence-corrected chi connectivity index (χ4v) is 1.52. The van der Waals surface area contributed by atoms with Crippen molar-refractivity contribution in [3.05, 3.63) is 0 Å². The van der Waals surface area contributed by atoms with Crippen LogP contribution in [0, 0.1) is 5.92 Å². The minimum atomic E-state index is -0.158. The van der Waals surface area contributed by atoms with Gasteiger partial charge in [-0.1, -0.05) is 6.92 Å². The maximum Gasteiger partial charge on any atom is 0.232 e. The van der Waals surface area contributed by atoms with Crippen molar-refractivity contribution in [1.82, 2.24) is 10.2 Å². The lowest BCUT2D eigenvalue weighted by Crippen LogP contribution is -2.33. The van der Waals surface area contributed by atoms with Crippen molar-refractivity contribution in [2.45, 2.75) is 13.3 Å². The molecule has 2 amide bonds. The Hall–Kier alpha value is -0.940. The van der Waals surface area contributed by atoms with Crippen molar-refractivity contribution in [2.75, 3.05) is 33.4 Å². The molecule has 1 aliphatic heterocycles. The van der Waals surface area contributed by atoms with E-state index in [0.29, 0.717) is 26.2 Å². The number of rotatable bonds is 6. The number of likely N-dealkylation sites (tertiary alicyclic amines) is 1. The molecule has 0 radical (unpaired) electrons. The van der Waals surface area contributed by atoms with Crippen LogP contribution in [0.4, 0.5) is 0 Å². The highest BCUT2D eigenvalue weighted by Gasteiger charge is 2.34. The minimum Gasteiger partial charge on any atom is -0.378 e. The highest BCUT2D eigenvalue weighted by Crippen LogP contribution is 2.17. The summed E-state index contributed by atoms with van der Waals surface area (Å²) >= 11 is 0. The second-order valence-corrected chi connectivity index (χ2v) is 3.70. The minimum absolute atomic E-state index is 0.0720. The third-order valence-corrected chi connectivity index (χ3v) is 2.43. The summed E-state index contributed by atoms with van der Waals surface area (Å²) in [6, 6.07) is 0. The molecule has 1 rings (SSSR count). The average molecular weight is 214 g/mol. The Kier molecular flexibility index (Phi) is 4.71. The molecule has 1 fully saturated rings. The first kappa shape index (κ1) is 12.1. The van der Waals surface area contributed by atoms with Gasteiger partial charge in [0, 0.05) is 18.9 Å². The van der Waals surface area contributed by atoms with E-state index in [-0.39, 0.29) is 17.7 Å². The number of hydrogen-bond acceptors (Lipinski definition) is 4. The smallest absolute Gasteiger partial charge is 0.232 e. The summed E-state index contributed by atoms with van der Waals surface area (Å²) in [7, 11) is 1.85. The number of nitrogens with zero attached hydrogens (tertiary/aromatic N) is 1. The SMILES string of the molecule is CNCCOCCN1C(=O)CC(C)C1=O. The van der Waals surface area contributed by atoms with Gasteiger partial charge in [0.2, 0.25) is 11.8 Å². The molecule has 1 saturated heterocycles. The average Bonchev–Trinajstić information content (AvgIpc) is 2.44. The van der Waals surface area contributed by atoms with Crippen molar-refractivity contribution in [2.24, 2.45) is 5.92 Å². The predicted molar refractivity (Wildman–Crippen MR) is 55.2 cm³/mol. The Bertz CT molecular complexity index is 243. The van der Waals surface area contributed by atoms with Gasteiger partial charge in [-0.3, -0.25) is 14.5 Å². The fourth-order valence-electron chi connectivity index (χ4n) is 1.52. The van der Waals surface area contributed by atoms with E-state index in [1.807, 2.05) is 7.05 Å². The summed E-state index contributed by atoms with van der Waals surface area (Å²) in [5, 5.41) is 2.95. The number of carbonyl (C=O) groups excluding carboxylic acids is 2. The van der Waals surface area contributed by atoms with Crippen LogP contribution >= 0.6 is 0 Å². The quantitative estimate of drug-likeness (QED) is 0.483. The summed E-state index contributed by atoms with van der Waals surface area (Å²) in [5.74, 6) is -0.309. The topological polar surface area (TPSA) is 58.6 Å². The van der Waals surface area contributed by atoms with Crippen LogP contribution in [-0.4, -0.2) is 50.1 Å². The lowest BCUT2D eigenvalue weighted by Gasteiger charge is -2.14. The first-order chi connectivity index (χ1) is 7.16. The number of nitrogens with one attached hydrogen (secondary N) is 1. The Morgan fingerprint density at radius 2 is 2.20 bits per heavy atom. The number of carbonyl (C=O) groups is 2. The van der Waals surface area contributed by atoms with Crippen LogP contribution in [0.15, 0.2) is 0 Å². The van der Waals surface area contributed by atoms with E-state index in [1.165, 1.54) is 4.90 Å². The molecule has 86 valence electrons. The first-order valence-corrected chi connectivity index (χ1v) is 5.23. The van der Waals surface area contributed by atoms with Gasteiger partial charge >= 0.3 is 0 Å². The molecule has 0 saturated carbocycles. The molecular weight excluding hydrogens is 196 g/mol. The fraction of sp³-hybridized carbons (Fsp3) is 0.800. The zero-order chi connectivity index (χ0) is 11.3. The molecule has 1 aliphatic rings. The van der Waals surface area contributed by atoms with E-state index in [2.05, 4.69) is 5.32 Å². The van der Waals surface area contributed by atoms with Gasteiger partial charge in [0.05, 0.1) is 19.8 Å². The third kappa shape index (κ3) is 3.28. The molecule has 5 nitrogen and oxygen atoms in total. The molecule has 0 aliphatic carbocycles. The van der Waals surface area contributed by atoms with Crippen LogP contribution in [-0.2, 0) is 14.3 Å². The van der Waals surface area contributed by atoms with Gasteiger partial charge in [0.15, 0.2) is 0 Å². The highest BCUT2D eigenvalue weighted by atomic mass is 16.5. The Balaban J connectivity index is 2.21. The van der Waals surface area contributed by atoms with E-state index >= 15 is 0 Å². The van der Waals surface area contributed by atoms with Crippen LogP contribution in [0.2, 0.25) is 0 Å². The molecule has 0 spiro atoms. The maximum atomic E-state index is 11.5. The number of likely N-dealkylation sites (N-methyl/N-ethyl adjacent to an activating group) is 1. The zero-order valence-corrected chi connectivity index (χ0v) is 9.28. The molecule has 1 heterocycles. The second-order valence-electron chi connectivity index (χ2n) is 3.70. The molecule has 5 heteroatoms. The van der Waals surface area contributed by atoms with E-state index in [0.717, 1.165) is 6.54 Å². The Labute approximate surface area is 89.8 Å². The summed E-state index contributed by atoms with van der Waals surface area (Å²) in [5.41, 5.74) is 0. The van der Waals surface area contributed by atoms with E-state index in [9.17, 15) is 9.59 Å². The molecule has 0 aromatic rings. The largest absolute Gasteiger partial charge is 0.378 e. The van der Waals surface area contributed by atoms with Crippen LogP contribution in [0.3, 0.4) is 0 Å². The maximum absolute atomic E-state index is 11.5. The first-order valence-electron chi connectivity index (χ1n) is 5.23. The summed E-state index contributed by atoms with van der Waals surface area (Å²) in [6.45, 7) is 3.96. The number of imide groups is 1. The normalized spacial score (nSPS) is 21.5. The van der Waals surface area contributed by atoms with Gasteiger partial charge in [-0.15, -0.1) is 0 Å². The van der Waals surface area contributed by atoms with Gasteiger partial charge in [0.25, 0.3) is 0 Å². The van der Waals surface area contributed by atoms with Crippen LogP contribution in [0.1, 0.15) is 13.3 Å². The van der Waals surface area contributed by atoms with Crippen molar-refractivity contribution < 1.29 is 14.3 Å². The molecule has 15 heavy (non-hydrogen) atoms. The monoisotopic (exact) mass is 214 g/mol. The molecule has 1 atom stereocenters. The van der Waals surface area contributed by atoms with Crippen molar-refractivity contribution in [3.63, 3.8) is 0 Å². The van der Waals surface area contributed by atoms with E-state index in [1.54, 1.807) is 6.92 Å². The van der Waals surface area contributed by atoms with Gasteiger partial charge in [-0.05, 0) is 7.05 Å². The molecule has 0 aromatic carbocycles. The van der Waals surface area contributed by atoms with Crippen molar-refractivity contribution >= 4 is 11.8 Å². The standard InChI is InChI=1S/C10H18N2O3/c1-8-7-9(13)12(10(8)14)4-6-15-5-3-11-2/h8,11H,3-7H2,1-2H3. The second kappa shape index (κ2) is 5.82. The van der Waals surface area contributed by atoms with Gasteiger partial charge < -0.3 is 10.1 Å². The molecule has 1 N–H and O–H groups in total. The van der Waals surface area contributed by atoms with Crippen LogP contribution in [0.5, 0.6) is 0 Å². The third-order valence-electron chi connectivity index (χ3n) is 2.43. The summed E-state index contributed by atoms with van der Waals surface area (Å²) in [4.78, 5) is 24.1. The molecular formula is C10H18N2O3. The number of ether oxygens (including phenoxy) is 1. The summed E-state index contributed by atoms with van der Waals surface area (Å²) < 4.78 is 5.26. The van der Waals surface area contributed by atoms with Crippen molar-refractivity contribution in [3.8, 4) is 0 Å². The van der Waals surface area contributed by atoms with Crippen LogP contribution in [0.25, 0.3) is 0 Å². The predicted octanol–water partition coefficient (Wildman–Crippen LogP) is -0.383. The van der Waals surface area contributed by atoms with Gasteiger partial charge in [0.1, 0.15) is 0 Å². The van der Waals surface area contributed by atoms with Crippen molar-refractivity contribution in [1.29, 1.82) is 0 Å². The molecule has 0 aromatic heterocycles. The Morgan fingerprint density at radius 3 is 2.73 bits per heavy atom.